The van der Waals surface area contributed by atoms with E-state index in [1.807, 2.05) is 30.3 Å². The molecule has 1 N–H and O–H groups in total. The first kappa shape index (κ1) is 16.1. The molecule has 0 amide bonds. The van der Waals surface area contributed by atoms with Gasteiger partial charge in [0.15, 0.2) is 0 Å². The van der Waals surface area contributed by atoms with E-state index in [1.165, 1.54) is 0 Å². The predicted molar refractivity (Wildman–Crippen MR) is 94.7 cm³/mol. The molecule has 1 heterocycles. The van der Waals surface area contributed by atoms with Gasteiger partial charge in [-0.05, 0) is 44.8 Å². The van der Waals surface area contributed by atoms with Crippen molar-refractivity contribution in [1.29, 1.82) is 0 Å². The number of ether oxygens (including phenoxy) is 1. The van der Waals surface area contributed by atoms with Crippen LogP contribution in [0.3, 0.4) is 0 Å². The molecule has 0 unspecified atom stereocenters. The van der Waals surface area contributed by atoms with Gasteiger partial charge in [-0.25, -0.2) is 4.79 Å². The Labute approximate surface area is 149 Å². The molecular weight excluding hydrogens is 428 g/mol. The molecular formula is C17H12Br2O4. The first-order valence-corrected chi connectivity index (χ1v) is 8.49. The van der Waals surface area contributed by atoms with Crippen LogP contribution in [0.5, 0.6) is 5.75 Å². The van der Waals surface area contributed by atoms with E-state index in [9.17, 15) is 9.90 Å². The molecule has 6 heteroatoms. The average Bonchev–Trinajstić information content (AvgIpc) is 2.93. The number of esters is 1. The third-order valence-corrected chi connectivity index (χ3v) is 4.74. The van der Waals surface area contributed by atoms with Gasteiger partial charge in [0, 0.05) is 5.56 Å². The molecule has 4 nitrogen and oxygen atoms in total. The molecule has 3 aromatic rings. The zero-order valence-electron chi connectivity index (χ0n) is 12.1. The number of phenolic OH excluding ortho intramolecular Hbond substituents is 1. The first-order valence-electron chi connectivity index (χ1n) is 6.90. The van der Waals surface area contributed by atoms with Crippen LogP contribution < -0.4 is 0 Å². The lowest BCUT2D eigenvalue weighted by molar-refractivity contribution is 0.0528. The van der Waals surface area contributed by atoms with Gasteiger partial charge in [-0.2, -0.15) is 0 Å². The van der Waals surface area contributed by atoms with Gasteiger partial charge in [0.2, 0.25) is 0 Å². The number of carbonyl (C=O) groups is 1. The second kappa shape index (κ2) is 6.37. The smallest absolute Gasteiger partial charge is 0.342 e. The van der Waals surface area contributed by atoms with Crippen molar-refractivity contribution in [2.45, 2.75) is 6.92 Å². The molecule has 0 fully saturated rings. The van der Waals surface area contributed by atoms with Crippen LogP contribution in [0.15, 0.2) is 49.8 Å². The van der Waals surface area contributed by atoms with Gasteiger partial charge in [0.05, 0.1) is 20.9 Å². The molecule has 23 heavy (non-hydrogen) atoms. The van der Waals surface area contributed by atoms with Crippen LogP contribution in [0.2, 0.25) is 0 Å². The maximum Gasteiger partial charge on any atom is 0.342 e. The summed E-state index contributed by atoms with van der Waals surface area (Å²) in [6.07, 6.45) is 0. The van der Waals surface area contributed by atoms with Crippen LogP contribution in [0.1, 0.15) is 17.3 Å². The lowest BCUT2D eigenvalue weighted by atomic mass is 10.1. The topological polar surface area (TPSA) is 59.7 Å². The van der Waals surface area contributed by atoms with E-state index >= 15 is 0 Å². The zero-order valence-corrected chi connectivity index (χ0v) is 15.3. The molecule has 0 radical (unpaired) electrons. The number of phenols is 1. The van der Waals surface area contributed by atoms with Gasteiger partial charge in [0.1, 0.15) is 22.7 Å². The molecule has 0 atom stereocenters. The Morgan fingerprint density at radius 2 is 1.96 bits per heavy atom. The number of aromatic hydroxyl groups is 1. The molecule has 0 aliphatic rings. The molecule has 0 bridgehead atoms. The van der Waals surface area contributed by atoms with Crippen molar-refractivity contribution in [2.75, 3.05) is 6.61 Å². The van der Waals surface area contributed by atoms with Crippen molar-refractivity contribution >= 4 is 48.8 Å². The summed E-state index contributed by atoms with van der Waals surface area (Å²) in [7, 11) is 0. The lowest BCUT2D eigenvalue weighted by Crippen LogP contribution is -2.05. The Hall–Kier alpha value is -1.79. The van der Waals surface area contributed by atoms with Gasteiger partial charge in [0.25, 0.3) is 0 Å². The third-order valence-electron chi connectivity index (χ3n) is 3.36. The maximum atomic E-state index is 12.5. The Balaban J connectivity index is 2.38. The monoisotopic (exact) mass is 438 g/mol. The predicted octanol–water partition coefficient (Wildman–Crippen LogP) is 5.51. The second-order valence-electron chi connectivity index (χ2n) is 4.79. The zero-order chi connectivity index (χ0) is 16.6. The van der Waals surface area contributed by atoms with E-state index in [2.05, 4.69) is 31.9 Å². The summed E-state index contributed by atoms with van der Waals surface area (Å²) < 4.78 is 11.9. The summed E-state index contributed by atoms with van der Waals surface area (Å²) in [4.78, 5) is 12.5. The molecule has 1 aromatic heterocycles. The highest BCUT2D eigenvalue weighted by molar-refractivity contribution is 9.11. The van der Waals surface area contributed by atoms with Crippen LogP contribution >= 0.6 is 31.9 Å². The maximum absolute atomic E-state index is 12.5. The van der Waals surface area contributed by atoms with Crippen LogP contribution in [0.25, 0.3) is 22.3 Å². The van der Waals surface area contributed by atoms with Crippen molar-refractivity contribution < 1.29 is 19.1 Å². The molecule has 118 valence electrons. The number of hydrogen-bond donors (Lipinski definition) is 1. The van der Waals surface area contributed by atoms with E-state index in [0.717, 1.165) is 5.56 Å². The fraction of sp³-hybridized carbons (Fsp3) is 0.118. The number of carbonyl (C=O) groups excluding carboxylic acids is 1. The van der Waals surface area contributed by atoms with Crippen LogP contribution in [-0.4, -0.2) is 17.7 Å². The lowest BCUT2D eigenvalue weighted by Gasteiger charge is -2.05. The van der Waals surface area contributed by atoms with Crippen molar-refractivity contribution in [2.24, 2.45) is 0 Å². The van der Waals surface area contributed by atoms with Crippen molar-refractivity contribution in [1.82, 2.24) is 0 Å². The Morgan fingerprint density at radius 1 is 1.26 bits per heavy atom. The summed E-state index contributed by atoms with van der Waals surface area (Å²) in [5, 5.41) is 10.6. The summed E-state index contributed by atoms with van der Waals surface area (Å²) in [5.74, 6) is -0.0757. The fourth-order valence-corrected chi connectivity index (χ4v) is 3.65. The number of benzene rings is 2. The Kier molecular flexibility index (Phi) is 4.46. The molecule has 2 aromatic carbocycles. The second-order valence-corrected chi connectivity index (χ2v) is 6.43. The van der Waals surface area contributed by atoms with Gasteiger partial charge in [-0.1, -0.05) is 30.3 Å². The van der Waals surface area contributed by atoms with Crippen molar-refractivity contribution in [3.8, 4) is 17.1 Å². The summed E-state index contributed by atoms with van der Waals surface area (Å²) in [5.41, 5.74) is 1.53. The molecule has 0 aliphatic carbocycles. The molecule has 0 saturated carbocycles. The minimum absolute atomic E-state index is 0.00320. The first-order chi connectivity index (χ1) is 11.0. The summed E-state index contributed by atoms with van der Waals surface area (Å²) in [6.45, 7) is 1.99. The van der Waals surface area contributed by atoms with Crippen LogP contribution in [0, 0.1) is 0 Å². The summed E-state index contributed by atoms with van der Waals surface area (Å²) in [6, 6.07) is 10.9. The van der Waals surface area contributed by atoms with Crippen molar-refractivity contribution in [3.63, 3.8) is 0 Å². The minimum atomic E-state index is -0.493. The van der Waals surface area contributed by atoms with Crippen molar-refractivity contribution in [3.05, 3.63) is 50.9 Å². The largest absolute Gasteiger partial charge is 0.506 e. The number of halogens is 2. The van der Waals surface area contributed by atoms with Crippen LogP contribution in [-0.2, 0) is 4.74 Å². The molecule has 3 rings (SSSR count). The molecule has 0 saturated heterocycles. The highest BCUT2D eigenvalue weighted by Gasteiger charge is 2.27. The van der Waals surface area contributed by atoms with E-state index < -0.39 is 5.97 Å². The number of rotatable bonds is 3. The van der Waals surface area contributed by atoms with Crippen LogP contribution in [0.4, 0.5) is 0 Å². The Morgan fingerprint density at radius 3 is 2.61 bits per heavy atom. The SMILES string of the molecule is CCOC(=O)c1c(-c2ccccc2)oc2cc(Br)c(O)c(Br)c12. The fourth-order valence-electron chi connectivity index (χ4n) is 2.37. The number of hydrogen-bond acceptors (Lipinski definition) is 4. The van der Waals surface area contributed by atoms with E-state index in [1.54, 1.807) is 13.0 Å². The van der Waals surface area contributed by atoms with Gasteiger partial charge in [-0.3, -0.25) is 0 Å². The quantitative estimate of drug-likeness (QED) is 0.546. The third kappa shape index (κ3) is 2.77. The normalized spacial score (nSPS) is 10.9. The molecule has 0 spiro atoms. The van der Waals surface area contributed by atoms with E-state index in [4.69, 9.17) is 9.15 Å². The Bertz CT molecular complexity index is 885. The van der Waals surface area contributed by atoms with Gasteiger partial charge < -0.3 is 14.3 Å². The summed E-state index contributed by atoms with van der Waals surface area (Å²) >= 11 is 6.61. The minimum Gasteiger partial charge on any atom is -0.506 e. The number of furan rings is 1. The highest BCUT2D eigenvalue weighted by Crippen LogP contribution is 2.44. The van der Waals surface area contributed by atoms with E-state index in [0.29, 0.717) is 31.2 Å². The van der Waals surface area contributed by atoms with Gasteiger partial charge >= 0.3 is 5.97 Å². The van der Waals surface area contributed by atoms with Gasteiger partial charge in [-0.15, -0.1) is 0 Å². The van der Waals surface area contributed by atoms with E-state index in [-0.39, 0.29) is 12.4 Å². The average molecular weight is 440 g/mol. The highest BCUT2D eigenvalue weighted by atomic mass is 79.9. The number of fused-ring (bicyclic) bond motifs is 1. The molecule has 0 aliphatic heterocycles. The standard InChI is InChI=1S/C17H12Br2O4/c1-2-22-17(21)13-12-11(8-10(18)15(20)14(12)19)23-16(13)9-6-4-3-5-7-9/h3-8,20H,2H2,1H3.